The highest BCUT2D eigenvalue weighted by atomic mass is 35.5. The average molecular weight is 307 g/mol. The van der Waals surface area contributed by atoms with Crippen LogP contribution in [0.25, 0.3) is 0 Å². The van der Waals surface area contributed by atoms with Crippen LogP contribution in [0.3, 0.4) is 0 Å². The normalized spacial score (nSPS) is 10.2. The van der Waals surface area contributed by atoms with Crippen molar-refractivity contribution in [2.45, 2.75) is 6.92 Å². The molecule has 110 valence electrons. The van der Waals surface area contributed by atoms with Gasteiger partial charge in [0.2, 0.25) is 5.78 Å². The molecule has 21 heavy (non-hydrogen) atoms. The van der Waals surface area contributed by atoms with Crippen LogP contribution in [0.4, 0.5) is 4.79 Å². The highest BCUT2D eigenvalue weighted by molar-refractivity contribution is 6.34. The molecule has 1 amide bonds. The van der Waals surface area contributed by atoms with Gasteiger partial charge in [0.25, 0.3) is 0 Å². The van der Waals surface area contributed by atoms with E-state index in [-0.39, 0.29) is 12.4 Å². The summed E-state index contributed by atoms with van der Waals surface area (Å²) in [5, 5.41) is 1.60. The second kappa shape index (κ2) is 6.45. The topological polar surface area (TPSA) is 51.5 Å². The molecule has 0 radical (unpaired) electrons. The third-order valence-corrected chi connectivity index (χ3v) is 3.26. The number of ketones is 1. The van der Waals surface area contributed by atoms with Crippen molar-refractivity contribution in [3.8, 4) is 0 Å². The molecule has 6 heteroatoms. The SMILES string of the molecule is CCOC(=O)N(C)n1cccc1C(=O)c1ccccc1Cl. The van der Waals surface area contributed by atoms with Gasteiger partial charge in [0.1, 0.15) is 5.69 Å². The summed E-state index contributed by atoms with van der Waals surface area (Å²) in [4.78, 5) is 24.3. The van der Waals surface area contributed by atoms with Crippen LogP contribution in [-0.2, 0) is 4.74 Å². The summed E-state index contributed by atoms with van der Waals surface area (Å²) < 4.78 is 6.35. The van der Waals surface area contributed by atoms with E-state index in [4.69, 9.17) is 16.3 Å². The molecule has 0 aliphatic carbocycles. The zero-order valence-corrected chi connectivity index (χ0v) is 12.5. The molecule has 5 nitrogen and oxygen atoms in total. The summed E-state index contributed by atoms with van der Waals surface area (Å²) in [7, 11) is 1.53. The summed E-state index contributed by atoms with van der Waals surface area (Å²) in [6.07, 6.45) is 1.07. The first-order valence-electron chi connectivity index (χ1n) is 6.43. The number of nitrogens with zero attached hydrogens (tertiary/aromatic N) is 2. The molecule has 0 N–H and O–H groups in total. The lowest BCUT2D eigenvalue weighted by Crippen LogP contribution is -2.38. The fourth-order valence-corrected chi connectivity index (χ4v) is 2.12. The van der Waals surface area contributed by atoms with Gasteiger partial charge in [-0.1, -0.05) is 23.7 Å². The number of benzene rings is 1. The van der Waals surface area contributed by atoms with E-state index >= 15 is 0 Å². The van der Waals surface area contributed by atoms with Gasteiger partial charge in [0.15, 0.2) is 0 Å². The van der Waals surface area contributed by atoms with Crippen molar-refractivity contribution in [2.75, 3.05) is 18.7 Å². The standard InChI is InChI=1S/C15H15ClN2O3/c1-3-21-15(20)17(2)18-10-6-9-13(18)14(19)11-7-4-5-8-12(11)16/h4-10H,3H2,1-2H3. The molecule has 0 saturated heterocycles. The van der Waals surface area contributed by atoms with Crippen molar-refractivity contribution in [1.82, 2.24) is 4.68 Å². The number of carbonyl (C=O) groups is 2. The fourth-order valence-electron chi connectivity index (χ4n) is 1.90. The second-order valence-corrected chi connectivity index (χ2v) is 4.68. The van der Waals surface area contributed by atoms with Gasteiger partial charge in [-0.2, -0.15) is 0 Å². The monoisotopic (exact) mass is 306 g/mol. The Morgan fingerprint density at radius 2 is 1.95 bits per heavy atom. The molecule has 0 unspecified atom stereocenters. The van der Waals surface area contributed by atoms with Crippen LogP contribution in [0.5, 0.6) is 0 Å². The highest BCUT2D eigenvalue weighted by Crippen LogP contribution is 2.19. The zero-order chi connectivity index (χ0) is 15.4. The van der Waals surface area contributed by atoms with Gasteiger partial charge in [-0.3, -0.25) is 9.47 Å². The van der Waals surface area contributed by atoms with Crippen LogP contribution in [0.1, 0.15) is 23.0 Å². The van der Waals surface area contributed by atoms with Gasteiger partial charge in [-0.15, -0.1) is 0 Å². The molecule has 2 rings (SSSR count). The molecule has 0 atom stereocenters. The molecule has 0 bridgehead atoms. The van der Waals surface area contributed by atoms with Crippen LogP contribution in [0, 0.1) is 0 Å². The minimum Gasteiger partial charge on any atom is -0.448 e. The van der Waals surface area contributed by atoms with E-state index in [2.05, 4.69) is 0 Å². The number of halogens is 1. The van der Waals surface area contributed by atoms with Crippen molar-refractivity contribution >= 4 is 23.5 Å². The summed E-state index contributed by atoms with van der Waals surface area (Å²) in [5.41, 5.74) is 0.718. The Morgan fingerprint density at radius 1 is 1.24 bits per heavy atom. The van der Waals surface area contributed by atoms with E-state index < -0.39 is 6.09 Å². The summed E-state index contributed by atoms with van der Waals surface area (Å²) >= 11 is 6.04. The van der Waals surface area contributed by atoms with Crippen LogP contribution in [-0.4, -0.2) is 30.2 Å². The van der Waals surface area contributed by atoms with Gasteiger partial charge in [0.05, 0.1) is 11.6 Å². The van der Waals surface area contributed by atoms with Crippen LogP contribution in [0.2, 0.25) is 5.02 Å². The fraction of sp³-hybridized carbons (Fsp3) is 0.200. The largest absolute Gasteiger partial charge is 0.448 e. The number of amides is 1. The first kappa shape index (κ1) is 15.1. The van der Waals surface area contributed by atoms with Gasteiger partial charge in [0, 0.05) is 18.8 Å². The Labute approximate surface area is 127 Å². The molecule has 0 saturated carbocycles. The lowest BCUT2D eigenvalue weighted by molar-refractivity contribution is 0.102. The molecule has 1 heterocycles. The molecule has 0 aliphatic heterocycles. The smallest absolute Gasteiger partial charge is 0.428 e. The second-order valence-electron chi connectivity index (χ2n) is 4.27. The van der Waals surface area contributed by atoms with E-state index in [9.17, 15) is 9.59 Å². The van der Waals surface area contributed by atoms with E-state index in [1.54, 1.807) is 49.5 Å². The zero-order valence-electron chi connectivity index (χ0n) is 11.7. The van der Waals surface area contributed by atoms with Crippen molar-refractivity contribution < 1.29 is 14.3 Å². The van der Waals surface area contributed by atoms with E-state index in [1.807, 2.05) is 0 Å². The van der Waals surface area contributed by atoms with Gasteiger partial charge < -0.3 is 4.74 Å². The maximum atomic E-state index is 12.5. The van der Waals surface area contributed by atoms with Crippen molar-refractivity contribution in [3.05, 3.63) is 58.9 Å². The Hall–Kier alpha value is -2.27. The van der Waals surface area contributed by atoms with Crippen LogP contribution in [0.15, 0.2) is 42.6 Å². The lowest BCUT2D eigenvalue weighted by Gasteiger charge is -2.20. The molecule has 1 aromatic carbocycles. The maximum absolute atomic E-state index is 12.5. The van der Waals surface area contributed by atoms with Crippen molar-refractivity contribution in [3.63, 3.8) is 0 Å². The predicted octanol–water partition coefficient (Wildman–Crippen LogP) is 3.10. The van der Waals surface area contributed by atoms with Gasteiger partial charge >= 0.3 is 6.09 Å². The molecular formula is C15H15ClN2O3. The Bertz CT molecular complexity index is 666. The third kappa shape index (κ3) is 3.08. The highest BCUT2D eigenvalue weighted by Gasteiger charge is 2.20. The quantitative estimate of drug-likeness (QED) is 0.816. The number of hydrogen-bond acceptors (Lipinski definition) is 3. The van der Waals surface area contributed by atoms with Crippen molar-refractivity contribution in [1.29, 1.82) is 0 Å². The van der Waals surface area contributed by atoms with Gasteiger partial charge in [-0.25, -0.2) is 9.80 Å². The number of aromatic nitrogens is 1. The van der Waals surface area contributed by atoms with Crippen LogP contribution >= 0.6 is 11.6 Å². The molecule has 0 fully saturated rings. The number of hydrogen-bond donors (Lipinski definition) is 0. The van der Waals surface area contributed by atoms with E-state index in [0.717, 1.165) is 0 Å². The lowest BCUT2D eigenvalue weighted by atomic mass is 10.1. The number of rotatable bonds is 4. The number of ether oxygens (including phenoxy) is 1. The summed E-state index contributed by atoms with van der Waals surface area (Å²) in [5.74, 6) is -0.262. The van der Waals surface area contributed by atoms with E-state index in [1.165, 1.54) is 16.7 Å². The number of carbonyl (C=O) groups excluding carboxylic acids is 2. The molecular weight excluding hydrogens is 292 g/mol. The minimum atomic E-state index is -0.540. The molecule has 0 aliphatic rings. The van der Waals surface area contributed by atoms with Crippen LogP contribution < -0.4 is 5.01 Å². The van der Waals surface area contributed by atoms with Crippen molar-refractivity contribution in [2.24, 2.45) is 0 Å². The third-order valence-electron chi connectivity index (χ3n) is 2.93. The van der Waals surface area contributed by atoms with E-state index in [0.29, 0.717) is 16.3 Å². The first-order chi connectivity index (χ1) is 10.1. The Balaban J connectivity index is 2.35. The van der Waals surface area contributed by atoms with Gasteiger partial charge in [-0.05, 0) is 31.2 Å². The molecule has 0 spiro atoms. The summed E-state index contributed by atoms with van der Waals surface area (Å²) in [6, 6.07) is 10.1. The Morgan fingerprint density at radius 3 is 2.62 bits per heavy atom. The maximum Gasteiger partial charge on any atom is 0.428 e. The first-order valence-corrected chi connectivity index (χ1v) is 6.81. The molecule has 1 aromatic heterocycles. The molecule has 2 aromatic rings. The Kier molecular flexibility index (Phi) is 4.65. The summed E-state index contributed by atoms with van der Waals surface area (Å²) in [6.45, 7) is 1.98. The predicted molar refractivity (Wildman–Crippen MR) is 80.5 cm³/mol. The minimum absolute atomic E-state index is 0.262. The average Bonchev–Trinajstić information content (AvgIpc) is 2.96.